The number of rotatable bonds is 4. The molecule has 1 N–H and O–H groups in total. The molecule has 0 aromatic heterocycles. The van der Waals surface area contributed by atoms with Crippen LogP contribution in [-0.2, 0) is 6.54 Å². The fourth-order valence-corrected chi connectivity index (χ4v) is 1.33. The van der Waals surface area contributed by atoms with Gasteiger partial charge < -0.3 is 5.32 Å². The number of nitrogens with one attached hydrogen (secondary N) is 1. The van der Waals surface area contributed by atoms with Gasteiger partial charge in [-0.2, -0.15) is 0 Å². The highest BCUT2D eigenvalue weighted by atomic mass is 35.5. The molecule has 0 saturated carbocycles. The summed E-state index contributed by atoms with van der Waals surface area (Å²) in [5.41, 5.74) is 2.71. The first-order valence-corrected chi connectivity index (χ1v) is 4.94. The van der Waals surface area contributed by atoms with E-state index in [0.29, 0.717) is 0 Å². The van der Waals surface area contributed by atoms with Gasteiger partial charge in [0.05, 0.1) is 0 Å². The molecule has 0 radical (unpaired) electrons. The third-order valence-electron chi connectivity index (χ3n) is 1.96. The predicted octanol–water partition coefficient (Wildman–Crippen LogP) is 3.16. The van der Waals surface area contributed by atoms with E-state index in [0.717, 1.165) is 19.0 Å². The van der Waals surface area contributed by atoms with Crippen molar-refractivity contribution in [3.8, 4) is 0 Å². The van der Waals surface area contributed by atoms with Crippen LogP contribution in [0.1, 0.15) is 25.0 Å². The number of benzene rings is 1. The Labute approximate surface area is 93.3 Å². The molecular weight excluding hydrogens is 194 g/mol. The molecular formula is C12H20ClN. The Morgan fingerprint density at radius 3 is 2.57 bits per heavy atom. The average molecular weight is 214 g/mol. The Bertz CT molecular complexity index is 258. The second-order valence-electron chi connectivity index (χ2n) is 4.01. The van der Waals surface area contributed by atoms with Gasteiger partial charge in [0.2, 0.25) is 0 Å². The van der Waals surface area contributed by atoms with Gasteiger partial charge in [0, 0.05) is 6.54 Å². The monoisotopic (exact) mass is 213 g/mol. The van der Waals surface area contributed by atoms with E-state index in [1.54, 1.807) is 0 Å². The minimum Gasteiger partial charge on any atom is -0.312 e. The zero-order valence-electron chi connectivity index (χ0n) is 9.21. The molecule has 0 heterocycles. The predicted molar refractivity (Wildman–Crippen MR) is 65.0 cm³/mol. The molecule has 14 heavy (non-hydrogen) atoms. The molecule has 0 fully saturated rings. The van der Waals surface area contributed by atoms with E-state index >= 15 is 0 Å². The standard InChI is InChI=1S/C12H19N.ClH/c1-10(2)8-13-9-12-6-4-5-11(3)7-12;/h4-7,10,13H,8-9H2,1-3H3;1H. The van der Waals surface area contributed by atoms with Crippen molar-refractivity contribution >= 4 is 12.4 Å². The maximum atomic E-state index is 3.43. The molecule has 1 aromatic rings. The Kier molecular flexibility index (Phi) is 6.60. The van der Waals surface area contributed by atoms with Crippen molar-refractivity contribution in [2.24, 2.45) is 5.92 Å². The lowest BCUT2D eigenvalue weighted by molar-refractivity contribution is 0.552. The molecule has 80 valence electrons. The first-order chi connectivity index (χ1) is 6.18. The molecule has 2 heteroatoms. The van der Waals surface area contributed by atoms with E-state index in [9.17, 15) is 0 Å². The first-order valence-electron chi connectivity index (χ1n) is 4.94. The molecule has 1 rings (SSSR count). The minimum absolute atomic E-state index is 0. The zero-order chi connectivity index (χ0) is 9.68. The second kappa shape index (κ2) is 6.86. The molecule has 0 spiro atoms. The SMILES string of the molecule is Cc1cccc(CNCC(C)C)c1.Cl. The molecule has 0 unspecified atom stereocenters. The quantitative estimate of drug-likeness (QED) is 0.811. The van der Waals surface area contributed by atoms with Gasteiger partial charge in [-0.15, -0.1) is 12.4 Å². The van der Waals surface area contributed by atoms with Gasteiger partial charge in [0.1, 0.15) is 0 Å². The third-order valence-corrected chi connectivity index (χ3v) is 1.96. The maximum Gasteiger partial charge on any atom is 0.0205 e. The van der Waals surface area contributed by atoms with Gasteiger partial charge in [0.15, 0.2) is 0 Å². The Hall–Kier alpha value is -0.530. The van der Waals surface area contributed by atoms with Crippen LogP contribution < -0.4 is 5.32 Å². The minimum atomic E-state index is 0. The van der Waals surface area contributed by atoms with Crippen LogP contribution in [0.25, 0.3) is 0 Å². The lowest BCUT2D eigenvalue weighted by Gasteiger charge is -2.07. The molecule has 0 aliphatic heterocycles. The van der Waals surface area contributed by atoms with Crippen LogP contribution in [0.3, 0.4) is 0 Å². The Morgan fingerprint density at radius 2 is 2.00 bits per heavy atom. The van der Waals surface area contributed by atoms with Crippen LogP contribution in [0.5, 0.6) is 0 Å². The van der Waals surface area contributed by atoms with Crippen molar-refractivity contribution in [1.82, 2.24) is 5.32 Å². The molecule has 0 atom stereocenters. The second-order valence-corrected chi connectivity index (χ2v) is 4.01. The van der Waals surface area contributed by atoms with Crippen LogP contribution in [0.15, 0.2) is 24.3 Å². The van der Waals surface area contributed by atoms with Gasteiger partial charge in [-0.3, -0.25) is 0 Å². The summed E-state index contributed by atoms with van der Waals surface area (Å²) in [6.07, 6.45) is 0. The molecule has 0 aliphatic rings. The van der Waals surface area contributed by atoms with E-state index < -0.39 is 0 Å². The van der Waals surface area contributed by atoms with Crippen LogP contribution in [-0.4, -0.2) is 6.54 Å². The summed E-state index contributed by atoms with van der Waals surface area (Å²) in [4.78, 5) is 0. The fraction of sp³-hybridized carbons (Fsp3) is 0.500. The fourth-order valence-electron chi connectivity index (χ4n) is 1.33. The lowest BCUT2D eigenvalue weighted by Crippen LogP contribution is -2.18. The molecule has 0 aliphatic carbocycles. The van der Waals surface area contributed by atoms with Crippen LogP contribution >= 0.6 is 12.4 Å². The summed E-state index contributed by atoms with van der Waals surface area (Å²) >= 11 is 0. The lowest BCUT2D eigenvalue weighted by atomic mass is 10.1. The molecule has 1 aromatic carbocycles. The normalized spacial score (nSPS) is 10.0. The largest absolute Gasteiger partial charge is 0.312 e. The summed E-state index contributed by atoms with van der Waals surface area (Å²) in [6, 6.07) is 8.64. The number of halogens is 1. The summed E-state index contributed by atoms with van der Waals surface area (Å²) < 4.78 is 0. The van der Waals surface area contributed by atoms with Crippen molar-refractivity contribution in [1.29, 1.82) is 0 Å². The third kappa shape index (κ3) is 5.25. The Balaban J connectivity index is 0.00000169. The van der Waals surface area contributed by atoms with Crippen molar-refractivity contribution in [3.63, 3.8) is 0 Å². The molecule has 0 saturated heterocycles. The van der Waals surface area contributed by atoms with Gasteiger partial charge in [0.25, 0.3) is 0 Å². The van der Waals surface area contributed by atoms with Gasteiger partial charge in [-0.1, -0.05) is 43.7 Å². The molecule has 1 nitrogen and oxygen atoms in total. The highest BCUT2D eigenvalue weighted by Crippen LogP contribution is 2.03. The van der Waals surface area contributed by atoms with Gasteiger partial charge in [-0.05, 0) is 24.9 Å². The molecule has 0 amide bonds. The average Bonchev–Trinajstić information content (AvgIpc) is 2.03. The summed E-state index contributed by atoms with van der Waals surface area (Å²) in [5, 5.41) is 3.43. The molecule has 0 bridgehead atoms. The summed E-state index contributed by atoms with van der Waals surface area (Å²) in [7, 11) is 0. The van der Waals surface area contributed by atoms with Crippen molar-refractivity contribution in [2.45, 2.75) is 27.3 Å². The number of hydrogen-bond acceptors (Lipinski definition) is 1. The van der Waals surface area contributed by atoms with Crippen LogP contribution in [0.4, 0.5) is 0 Å². The van der Waals surface area contributed by atoms with Crippen molar-refractivity contribution in [3.05, 3.63) is 35.4 Å². The maximum absolute atomic E-state index is 3.43. The highest BCUT2D eigenvalue weighted by Gasteiger charge is 1.94. The van der Waals surface area contributed by atoms with Gasteiger partial charge in [-0.25, -0.2) is 0 Å². The van der Waals surface area contributed by atoms with Crippen molar-refractivity contribution < 1.29 is 0 Å². The van der Waals surface area contributed by atoms with E-state index in [1.165, 1.54) is 11.1 Å². The van der Waals surface area contributed by atoms with Crippen LogP contribution in [0, 0.1) is 12.8 Å². The van der Waals surface area contributed by atoms with E-state index in [-0.39, 0.29) is 12.4 Å². The Morgan fingerprint density at radius 1 is 1.29 bits per heavy atom. The summed E-state index contributed by atoms with van der Waals surface area (Å²) in [6.45, 7) is 8.66. The van der Waals surface area contributed by atoms with E-state index in [1.807, 2.05) is 0 Å². The first kappa shape index (κ1) is 13.5. The summed E-state index contributed by atoms with van der Waals surface area (Å²) in [5.74, 6) is 0.727. The van der Waals surface area contributed by atoms with E-state index in [2.05, 4.69) is 50.4 Å². The smallest absolute Gasteiger partial charge is 0.0205 e. The highest BCUT2D eigenvalue weighted by molar-refractivity contribution is 5.85. The number of hydrogen-bond donors (Lipinski definition) is 1. The topological polar surface area (TPSA) is 12.0 Å². The van der Waals surface area contributed by atoms with Crippen LogP contribution in [0.2, 0.25) is 0 Å². The zero-order valence-corrected chi connectivity index (χ0v) is 10.0. The van der Waals surface area contributed by atoms with E-state index in [4.69, 9.17) is 0 Å². The number of aryl methyl sites for hydroxylation is 1. The van der Waals surface area contributed by atoms with Gasteiger partial charge >= 0.3 is 0 Å². The van der Waals surface area contributed by atoms with Crippen molar-refractivity contribution in [2.75, 3.05) is 6.54 Å².